The topological polar surface area (TPSA) is 73.8 Å². The lowest BCUT2D eigenvalue weighted by atomic mass is 10.2. The minimum Gasteiger partial charge on any atom is -0.290 e. The van der Waals surface area contributed by atoms with Crippen LogP contribution in [0.2, 0.25) is 0 Å². The van der Waals surface area contributed by atoms with E-state index >= 15 is 0 Å². The van der Waals surface area contributed by atoms with E-state index in [9.17, 15) is 10.1 Å². The molecule has 20 heavy (non-hydrogen) atoms. The normalized spacial score (nSPS) is 10.4. The Morgan fingerprint density at radius 2 is 1.85 bits per heavy atom. The average Bonchev–Trinajstić information content (AvgIpc) is 2.98. The first-order valence-electron chi connectivity index (χ1n) is 5.94. The molecule has 0 N–H and O–H groups in total. The Morgan fingerprint density at radius 3 is 2.50 bits per heavy atom. The summed E-state index contributed by atoms with van der Waals surface area (Å²) < 4.78 is 1.73. The molecule has 0 fully saturated rings. The Bertz CT molecular complexity index is 735. The number of rotatable bonds is 3. The average molecular weight is 266 g/mol. The van der Waals surface area contributed by atoms with Crippen LogP contribution in [0, 0.1) is 10.1 Å². The van der Waals surface area contributed by atoms with E-state index in [2.05, 4.69) is 9.97 Å². The smallest absolute Gasteiger partial charge is 0.287 e. The van der Waals surface area contributed by atoms with E-state index in [1.807, 2.05) is 36.5 Å². The van der Waals surface area contributed by atoms with Crippen molar-refractivity contribution in [3.8, 4) is 17.1 Å². The molecule has 0 aliphatic rings. The Kier molecular flexibility index (Phi) is 2.96. The zero-order valence-corrected chi connectivity index (χ0v) is 10.4. The third kappa shape index (κ3) is 2.26. The van der Waals surface area contributed by atoms with Crippen molar-refractivity contribution >= 4 is 5.69 Å². The number of aromatic nitrogens is 3. The maximum atomic E-state index is 10.6. The van der Waals surface area contributed by atoms with Crippen molar-refractivity contribution in [2.24, 2.45) is 0 Å². The van der Waals surface area contributed by atoms with Gasteiger partial charge in [0.05, 0.1) is 10.6 Å². The lowest BCUT2D eigenvalue weighted by Crippen LogP contribution is -1.95. The van der Waals surface area contributed by atoms with Gasteiger partial charge < -0.3 is 0 Å². The minimum atomic E-state index is -0.472. The first-order chi connectivity index (χ1) is 9.74. The van der Waals surface area contributed by atoms with Crippen LogP contribution in [-0.2, 0) is 0 Å². The van der Waals surface area contributed by atoms with Gasteiger partial charge in [-0.2, -0.15) is 0 Å². The van der Waals surface area contributed by atoms with Crippen LogP contribution in [0.1, 0.15) is 0 Å². The molecule has 2 heterocycles. The second kappa shape index (κ2) is 4.93. The Morgan fingerprint density at radius 1 is 1.05 bits per heavy atom. The van der Waals surface area contributed by atoms with Gasteiger partial charge in [-0.3, -0.25) is 14.7 Å². The monoisotopic (exact) mass is 266 g/mol. The van der Waals surface area contributed by atoms with Crippen molar-refractivity contribution < 1.29 is 4.92 Å². The van der Waals surface area contributed by atoms with Gasteiger partial charge in [0, 0.05) is 17.8 Å². The predicted octanol–water partition coefficient (Wildman–Crippen LogP) is 2.84. The first-order valence-corrected chi connectivity index (χ1v) is 5.94. The molecule has 0 spiro atoms. The van der Waals surface area contributed by atoms with Gasteiger partial charge in [0.15, 0.2) is 0 Å². The maximum absolute atomic E-state index is 10.6. The summed E-state index contributed by atoms with van der Waals surface area (Å²) in [5, 5.41) is 10.6. The molecule has 0 aliphatic carbocycles. The zero-order valence-electron chi connectivity index (χ0n) is 10.4. The molecule has 0 saturated heterocycles. The highest BCUT2D eigenvalue weighted by molar-refractivity contribution is 5.58. The number of benzene rings is 1. The van der Waals surface area contributed by atoms with Crippen LogP contribution in [0.3, 0.4) is 0 Å². The molecule has 6 nitrogen and oxygen atoms in total. The maximum Gasteiger partial charge on any atom is 0.287 e. The van der Waals surface area contributed by atoms with E-state index in [-0.39, 0.29) is 5.69 Å². The van der Waals surface area contributed by atoms with Crippen molar-refractivity contribution in [3.05, 3.63) is 71.3 Å². The second-order valence-corrected chi connectivity index (χ2v) is 4.16. The highest BCUT2D eigenvalue weighted by Crippen LogP contribution is 2.18. The van der Waals surface area contributed by atoms with Gasteiger partial charge in [-0.15, -0.1) is 0 Å². The van der Waals surface area contributed by atoms with Gasteiger partial charge in [-0.05, 0) is 6.07 Å². The largest absolute Gasteiger partial charge is 0.290 e. The number of hydrogen-bond donors (Lipinski definition) is 0. The van der Waals surface area contributed by atoms with Crippen LogP contribution in [0.15, 0.2) is 61.2 Å². The molecular formula is C14H10N4O2. The van der Waals surface area contributed by atoms with Crippen LogP contribution in [0.25, 0.3) is 17.1 Å². The van der Waals surface area contributed by atoms with Gasteiger partial charge in [0.2, 0.25) is 0 Å². The van der Waals surface area contributed by atoms with Crippen molar-refractivity contribution in [2.45, 2.75) is 0 Å². The molecule has 1 aromatic carbocycles. The molecule has 2 aromatic heterocycles. The van der Waals surface area contributed by atoms with Crippen LogP contribution in [0.4, 0.5) is 5.69 Å². The third-order valence-corrected chi connectivity index (χ3v) is 2.86. The van der Waals surface area contributed by atoms with E-state index in [4.69, 9.17) is 0 Å². The highest BCUT2D eigenvalue weighted by atomic mass is 16.6. The molecule has 0 amide bonds. The molecule has 3 rings (SSSR count). The van der Waals surface area contributed by atoms with E-state index < -0.39 is 4.92 Å². The molecule has 0 saturated carbocycles. The summed E-state index contributed by atoms with van der Waals surface area (Å²) in [7, 11) is 0. The summed E-state index contributed by atoms with van der Waals surface area (Å²) in [6.07, 6.45) is 4.71. The van der Waals surface area contributed by atoms with Crippen LogP contribution >= 0.6 is 0 Å². The predicted molar refractivity (Wildman–Crippen MR) is 73.4 cm³/mol. The fraction of sp³-hybridized carbons (Fsp3) is 0. The molecular weight excluding hydrogens is 256 g/mol. The summed E-state index contributed by atoms with van der Waals surface area (Å²) in [5.41, 5.74) is 1.80. The van der Waals surface area contributed by atoms with E-state index in [1.165, 1.54) is 12.3 Å². The Balaban J connectivity index is 1.92. The van der Waals surface area contributed by atoms with Crippen molar-refractivity contribution in [3.63, 3.8) is 0 Å². The number of imidazole rings is 1. The van der Waals surface area contributed by atoms with Gasteiger partial charge in [0.1, 0.15) is 18.3 Å². The molecule has 0 radical (unpaired) electrons. The van der Waals surface area contributed by atoms with Gasteiger partial charge >= 0.3 is 0 Å². The summed E-state index contributed by atoms with van der Waals surface area (Å²) in [4.78, 5) is 18.5. The zero-order chi connectivity index (χ0) is 13.9. The molecule has 0 bridgehead atoms. The second-order valence-electron chi connectivity index (χ2n) is 4.16. The molecule has 0 atom stereocenters. The Labute approximate surface area is 114 Å². The van der Waals surface area contributed by atoms with E-state index in [1.54, 1.807) is 17.0 Å². The first kappa shape index (κ1) is 12.0. The standard InChI is InChI=1S/C14H10N4O2/c19-18(20)12-6-7-14(15-8-12)17-9-13(16-10-17)11-4-2-1-3-5-11/h1-10H. The summed E-state index contributed by atoms with van der Waals surface area (Å²) >= 11 is 0. The lowest BCUT2D eigenvalue weighted by molar-refractivity contribution is -0.385. The highest BCUT2D eigenvalue weighted by Gasteiger charge is 2.07. The fourth-order valence-corrected chi connectivity index (χ4v) is 1.85. The number of nitro groups is 1. The quantitative estimate of drug-likeness (QED) is 0.539. The summed E-state index contributed by atoms with van der Waals surface area (Å²) in [6.45, 7) is 0. The lowest BCUT2D eigenvalue weighted by Gasteiger charge is -1.99. The van der Waals surface area contributed by atoms with Crippen molar-refractivity contribution in [1.29, 1.82) is 0 Å². The Hall–Kier alpha value is -3.02. The fourth-order valence-electron chi connectivity index (χ4n) is 1.85. The number of nitrogens with zero attached hydrogens (tertiary/aromatic N) is 4. The minimum absolute atomic E-state index is 0.0304. The molecule has 0 unspecified atom stereocenters. The van der Waals surface area contributed by atoms with Crippen molar-refractivity contribution in [1.82, 2.24) is 14.5 Å². The van der Waals surface area contributed by atoms with E-state index in [0.29, 0.717) is 5.82 Å². The molecule has 3 aromatic rings. The molecule has 0 aliphatic heterocycles. The SMILES string of the molecule is O=[N+]([O-])c1ccc(-n2cnc(-c3ccccc3)c2)nc1. The van der Waals surface area contributed by atoms with Crippen LogP contribution < -0.4 is 0 Å². The van der Waals surface area contributed by atoms with Gasteiger partial charge in [0.25, 0.3) is 5.69 Å². The van der Waals surface area contributed by atoms with Crippen molar-refractivity contribution in [2.75, 3.05) is 0 Å². The van der Waals surface area contributed by atoms with Gasteiger partial charge in [-0.25, -0.2) is 9.97 Å². The molecule has 6 heteroatoms. The van der Waals surface area contributed by atoms with Crippen LogP contribution in [-0.4, -0.2) is 19.5 Å². The number of pyridine rings is 1. The number of hydrogen-bond acceptors (Lipinski definition) is 4. The van der Waals surface area contributed by atoms with E-state index in [0.717, 1.165) is 11.3 Å². The van der Waals surface area contributed by atoms with Gasteiger partial charge in [-0.1, -0.05) is 30.3 Å². The summed E-state index contributed by atoms with van der Waals surface area (Å²) in [6, 6.07) is 12.8. The third-order valence-electron chi connectivity index (χ3n) is 2.86. The van der Waals surface area contributed by atoms with Crippen LogP contribution in [0.5, 0.6) is 0 Å². The summed E-state index contributed by atoms with van der Waals surface area (Å²) in [5.74, 6) is 0.588. The molecule has 98 valence electrons.